The normalized spacial score (nSPS) is 11.6. The number of aromatic nitrogens is 1. The summed E-state index contributed by atoms with van der Waals surface area (Å²) in [6, 6.07) is 7.00. The third kappa shape index (κ3) is 2.51. The van der Waals surface area contributed by atoms with Gasteiger partial charge in [0, 0.05) is 5.56 Å². The average molecular weight is 262 g/mol. The summed E-state index contributed by atoms with van der Waals surface area (Å²) in [5.41, 5.74) is 2.73. The highest BCUT2D eigenvalue weighted by molar-refractivity contribution is 7.17. The highest BCUT2D eigenvalue weighted by atomic mass is 32.1. The number of benzene rings is 1. The minimum atomic E-state index is 0.254. The molecule has 0 radical (unpaired) electrons. The standard InChI is InChI=1S/C13H14N2O2S/c1-8-12(9(2)15-17-3)18-13(14-8)10-4-6-11(16)7-5-10/h4-7,16H,1-3H3/b15-9+. The number of rotatable bonds is 3. The van der Waals surface area contributed by atoms with Crippen LogP contribution < -0.4 is 0 Å². The molecule has 0 unspecified atom stereocenters. The van der Waals surface area contributed by atoms with Gasteiger partial charge in [-0.1, -0.05) is 5.16 Å². The van der Waals surface area contributed by atoms with Gasteiger partial charge in [-0.15, -0.1) is 11.3 Å². The van der Waals surface area contributed by atoms with E-state index in [0.29, 0.717) is 0 Å². The fourth-order valence-corrected chi connectivity index (χ4v) is 2.65. The smallest absolute Gasteiger partial charge is 0.124 e. The molecule has 4 nitrogen and oxygen atoms in total. The lowest BCUT2D eigenvalue weighted by atomic mass is 10.2. The number of phenols is 1. The first-order valence-corrected chi connectivity index (χ1v) is 6.28. The van der Waals surface area contributed by atoms with Crippen LogP contribution in [-0.4, -0.2) is 22.9 Å². The van der Waals surface area contributed by atoms with Crippen LogP contribution in [0, 0.1) is 6.92 Å². The number of aryl methyl sites for hydroxylation is 1. The molecule has 0 spiro atoms. The Bertz CT molecular complexity index is 573. The zero-order valence-corrected chi connectivity index (χ0v) is 11.3. The van der Waals surface area contributed by atoms with Crippen LogP contribution in [0.4, 0.5) is 0 Å². The predicted molar refractivity (Wildman–Crippen MR) is 73.2 cm³/mol. The minimum absolute atomic E-state index is 0.254. The highest BCUT2D eigenvalue weighted by Crippen LogP contribution is 2.29. The first-order chi connectivity index (χ1) is 8.61. The van der Waals surface area contributed by atoms with Crippen LogP contribution in [0.15, 0.2) is 29.4 Å². The van der Waals surface area contributed by atoms with Crippen LogP contribution in [0.3, 0.4) is 0 Å². The summed E-state index contributed by atoms with van der Waals surface area (Å²) in [5.74, 6) is 0.254. The Morgan fingerprint density at radius 2 is 2.00 bits per heavy atom. The van der Waals surface area contributed by atoms with Gasteiger partial charge in [-0.2, -0.15) is 0 Å². The summed E-state index contributed by atoms with van der Waals surface area (Å²) in [4.78, 5) is 10.3. The van der Waals surface area contributed by atoms with E-state index in [4.69, 9.17) is 4.84 Å². The first kappa shape index (κ1) is 12.6. The monoisotopic (exact) mass is 262 g/mol. The molecular formula is C13H14N2O2S. The Labute approximate surface area is 110 Å². The number of oxime groups is 1. The van der Waals surface area contributed by atoms with Gasteiger partial charge in [0.2, 0.25) is 0 Å². The molecule has 2 rings (SSSR count). The van der Waals surface area contributed by atoms with Crippen LogP contribution in [0.25, 0.3) is 10.6 Å². The molecule has 1 N–H and O–H groups in total. The van der Waals surface area contributed by atoms with Gasteiger partial charge in [0.25, 0.3) is 0 Å². The number of nitrogens with zero attached hydrogens (tertiary/aromatic N) is 2. The Hall–Kier alpha value is -1.88. The predicted octanol–water partition coefficient (Wildman–Crippen LogP) is 3.19. The molecule has 0 aliphatic carbocycles. The van der Waals surface area contributed by atoms with E-state index in [2.05, 4.69) is 10.1 Å². The molecule has 0 amide bonds. The van der Waals surface area contributed by atoms with E-state index in [1.165, 1.54) is 7.11 Å². The van der Waals surface area contributed by atoms with Crippen LogP contribution in [0.1, 0.15) is 17.5 Å². The second-order valence-corrected chi connectivity index (χ2v) is 4.84. The van der Waals surface area contributed by atoms with E-state index < -0.39 is 0 Å². The molecule has 1 heterocycles. The van der Waals surface area contributed by atoms with Crippen molar-refractivity contribution < 1.29 is 9.94 Å². The first-order valence-electron chi connectivity index (χ1n) is 5.46. The van der Waals surface area contributed by atoms with Crippen molar-refractivity contribution in [3.8, 4) is 16.3 Å². The number of aromatic hydroxyl groups is 1. The second-order valence-electron chi connectivity index (χ2n) is 3.84. The molecule has 94 valence electrons. The maximum atomic E-state index is 9.27. The molecular weight excluding hydrogens is 248 g/mol. The van der Waals surface area contributed by atoms with E-state index >= 15 is 0 Å². The molecule has 0 bridgehead atoms. The summed E-state index contributed by atoms with van der Waals surface area (Å²) in [6.07, 6.45) is 0. The zero-order chi connectivity index (χ0) is 13.1. The quantitative estimate of drug-likeness (QED) is 0.682. The van der Waals surface area contributed by atoms with Gasteiger partial charge in [-0.05, 0) is 38.1 Å². The third-order valence-electron chi connectivity index (χ3n) is 2.47. The highest BCUT2D eigenvalue weighted by Gasteiger charge is 2.12. The van der Waals surface area contributed by atoms with Crippen molar-refractivity contribution in [2.24, 2.45) is 5.16 Å². The van der Waals surface area contributed by atoms with Crippen molar-refractivity contribution in [3.05, 3.63) is 34.8 Å². The Morgan fingerprint density at radius 1 is 1.33 bits per heavy atom. The summed E-state index contributed by atoms with van der Waals surface area (Å²) < 4.78 is 0. The lowest BCUT2D eigenvalue weighted by Crippen LogP contribution is -1.94. The Balaban J connectivity index is 2.40. The van der Waals surface area contributed by atoms with Crippen molar-refractivity contribution in [2.45, 2.75) is 13.8 Å². The Kier molecular flexibility index (Phi) is 3.62. The van der Waals surface area contributed by atoms with Crippen molar-refractivity contribution in [2.75, 3.05) is 7.11 Å². The fourth-order valence-electron chi connectivity index (χ4n) is 1.64. The minimum Gasteiger partial charge on any atom is -0.508 e. The summed E-state index contributed by atoms with van der Waals surface area (Å²) >= 11 is 1.56. The van der Waals surface area contributed by atoms with Gasteiger partial charge in [-0.25, -0.2) is 4.98 Å². The van der Waals surface area contributed by atoms with Crippen molar-refractivity contribution in [1.82, 2.24) is 4.98 Å². The van der Waals surface area contributed by atoms with Crippen molar-refractivity contribution in [1.29, 1.82) is 0 Å². The molecule has 1 aromatic heterocycles. The number of hydrogen-bond acceptors (Lipinski definition) is 5. The SMILES string of the molecule is CO/N=C(\C)c1sc(-c2ccc(O)cc2)nc1C. The topological polar surface area (TPSA) is 54.7 Å². The number of hydrogen-bond donors (Lipinski definition) is 1. The van der Waals surface area contributed by atoms with Gasteiger partial charge in [0.1, 0.15) is 17.9 Å². The van der Waals surface area contributed by atoms with Crippen LogP contribution >= 0.6 is 11.3 Å². The molecule has 2 aromatic rings. The van der Waals surface area contributed by atoms with E-state index in [9.17, 15) is 5.11 Å². The molecule has 0 fully saturated rings. The number of thiazole rings is 1. The summed E-state index contributed by atoms with van der Waals surface area (Å²) in [7, 11) is 1.53. The maximum absolute atomic E-state index is 9.27. The van der Waals surface area contributed by atoms with Gasteiger partial charge in [0.15, 0.2) is 0 Å². The van der Waals surface area contributed by atoms with E-state index in [-0.39, 0.29) is 5.75 Å². The summed E-state index contributed by atoms with van der Waals surface area (Å²) in [5, 5.41) is 14.1. The molecule has 0 saturated carbocycles. The molecule has 0 saturated heterocycles. The number of phenolic OH excluding ortho intramolecular Hbond substituents is 1. The molecule has 18 heavy (non-hydrogen) atoms. The van der Waals surface area contributed by atoms with Gasteiger partial charge >= 0.3 is 0 Å². The fraction of sp³-hybridized carbons (Fsp3) is 0.231. The van der Waals surface area contributed by atoms with Gasteiger partial charge in [0.05, 0.1) is 16.3 Å². The molecule has 1 aromatic carbocycles. The maximum Gasteiger partial charge on any atom is 0.124 e. The largest absolute Gasteiger partial charge is 0.508 e. The average Bonchev–Trinajstić information content (AvgIpc) is 2.72. The van der Waals surface area contributed by atoms with Crippen LogP contribution in [0.2, 0.25) is 0 Å². The zero-order valence-electron chi connectivity index (χ0n) is 10.5. The van der Waals surface area contributed by atoms with Crippen LogP contribution in [-0.2, 0) is 4.84 Å². The van der Waals surface area contributed by atoms with E-state index in [0.717, 1.165) is 26.9 Å². The molecule has 0 aliphatic rings. The van der Waals surface area contributed by atoms with Crippen molar-refractivity contribution >= 4 is 17.0 Å². The second kappa shape index (κ2) is 5.18. The molecule has 0 aliphatic heterocycles. The summed E-state index contributed by atoms with van der Waals surface area (Å²) in [6.45, 7) is 3.84. The van der Waals surface area contributed by atoms with Gasteiger partial charge in [-0.3, -0.25) is 0 Å². The van der Waals surface area contributed by atoms with Gasteiger partial charge < -0.3 is 9.94 Å². The third-order valence-corrected chi connectivity index (χ3v) is 3.78. The lowest BCUT2D eigenvalue weighted by molar-refractivity contribution is 0.213. The lowest BCUT2D eigenvalue weighted by Gasteiger charge is -1.96. The van der Waals surface area contributed by atoms with Crippen molar-refractivity contribution in [3.63, 3.8) is 0 Å². The Morgan fingerprint density at radius 3 is 2.61 bits per heavy atom. The molecule has 5 heteroatoms. The van der Waals surface area contributed by atoms with E-state index in [1.807, 2.05) is 26.0 Å². The van der Waals surface area contributed by atoms with Crippen LogP contribution in [0.5, 0.6) is 5.75 Å². The molecule has 0 atom stereocenters. The van der Waals surface area contributed by atoms with E-state index in [1.54, 1.807) is 23.5 Å².